The van der Waals surface area contributed by atoms with Gasteiger partial charge in [0, 0.05) is 10.5 Å². The van der Waals surface area contributed by atoms with Crippen LogP contribution < -0.4 is 9.64 Å². The maximum absolute atomic E-state index is 13.0. The third-order valence-electron chi connectivity index (χ3n) is 3.67. The minimum absolute atomic E-state index is 0.0633. The summed E-state index contributed by atoms with van der Waals surface area (Å²) in [5.41, 5.74) is 1.68. The van der Waals surface area contributed by atoms with Crippen molar-refractivity contribution in [1.29, 1.82) is 0 Å². The Labute approximate surface area is 167 Å². The van der Waals surface area contributed by atoms with E-state index in [0.717, 1.165) is 21.9 Å². The highest BCUT2D eigenvalue weighted by atomic mass is 32.2. The topological polar surface area (TPSA) is 29.5 Å². The van der Waals surface area contributed by atoms with Crippen LogP contribution in [-0.2, 0) is 4.79 Å². The van der Waals surface area contributed by atoms with Gasteiger partial charge in [-0.2, -0.15) is 0 Å². The van der Waals surface area contributed by atoms with Gasteiger partial charge in [0.25, 0.3) is 5.91 Å². The fraction of sp³-hybridized carbons (Fsp3) is 0.200. The fourth-order valence-electron chi connectivity index (χ4n) is 2.54. The van der Waals surface area contributed by atoms with Gasteiger partial charge in [-0.3, -0.25) is 9.69 Å². The highest BCUT2D eigenvalue weighted by Gasteiger charge is 2.33. The molecule has 2 aromatic rings. The third-order valence-corrected chi connectivity index (χ3v) is 5.70. The largest absolute Gasteiger partial charge is 0.490 e. The summed E-state index contributed by atoms with van der Waals surface area (Å²) in [5.74, 6) is 0.662. The fourth-order valence-corrected chi connectivity index (χ4v) is 4.29. The number of thiocarbonyl (C=S) groups is 1. The Kier molecular flexibility index (Phi) is 6.06. The lowest BCUT2D eigenvalue weighted by molar-refractivity contribution is -0.113. The average molecular weight is 402 g/mol. The van der Waals surface area contributed by atoms with E-state index in [-0.39, 0.29) is 12.0 Å². The molecule has 0 unspecified atom stereocenters. The number of amides is 1. The van der Waals surface area contributed by atoms with E-state index in [4.69, 9.17) is 17.0 Å². The summed E-state index contributed by atoms with van der Waals surface area (Å²) < 4.78 is 6.39. The van der Waals surface area contributed by atoms with Crippen LogP contribution in [-0.4, -0.2) is 22.6 Å². The van der Waals surface area contributed by atoms with Crippen LogP contribution in [0.2, 0.25) is 0 Å². The third kappa shape index (κ3) is 4.14. The molecule has 0 aromatic heterocycles. The number of hydrogen-bond acceptors (Lipinski definition) is 5. The Bertz CT molecular complexity index is 877. The van der Waals surface area contributed by atoms with Gasteiger partial charge < -0.3 is 4.74 Å². The lowest BCUT2D eigenvalue weighted by Gasteiger charge is -2.15. The van der Waals surface area contributed by atoms with Gasteiger partial charge in [0.1, 0.15) is 5.75 Å². The number of nitrogens with zero attached hydrogens (tertiary/aromatic N) is 1. The number of ether oxygens (including phenoxy) is 1. The quantitative estimate of drug-likeness (QED) is 0.369. The number of anilines is 1. The Hall–Kier alpha value is -1.76. The average Bonchev–Trinajstić information content (AvgIpc) is 2.90. The second-order valence-electron chi connectivity index (χ2n) is 5.92. The Morgan fingerprint density at radius 2 is 1.96 bits per heavy atom. The first-order valence-corrected chi connectivity index (χ1v) is 10.6. The van der Waals surface area contributed by atoms with Crippen molar-refractivity contribution >= 4 is 57.7 Å². The van der Waals surface area contributed by atoms with Crippen molar-refractivity contribution in [2.24, 2.45) is 0 Å². The van der Waals surface area contributed by atoms with Gasteiger partial charge in [0.15, 0.2) is 4.32 Å². The van der Waals surface area contributed by atoms with Gasteiger partial charge in [-0.25, -0.2) is 0 Å². The van der Waals surface area contributed by atoms with Crippen molar-refractivity contribution in [3.63, 3.8) is 0 Å². The Morgan fingerprint density at radius 3 is 2.69 bits per heavy atom. The molecule has 3 rings (SSSR count). The lowest BCUT2D eigenvalue weighted by Crippen LogP contribution is -2.27. The van der Waals surface area contributed by atoms with Crippen molar-refractivity contribution < 1.29 is 9.53 Å². The summed E-state index contributed by atoms with van der Waals surface area (Å²) >= 11 is 8.42. The molecule has 6 heteroatoms. The summed E-state index contributed by atoms with van der Waals surface area (Å²) in [6, 6.07) is 15.6. The van der Waals surface area contributed by atoms with Crippen LogP contribution in [0, 0.1) is 0 Å². The van der Waals surface area contributed by atoms with Gasteiger partial charge in [0.05, 0.1) is 16.7 Å². The smallest absolute Gasteiger partial charge is 0.270 e. The van der Waals surface area contributed by atoms with Crippen molar-refractivity contribution in [3.8, 4) is 5.75 Å². The molecule has 1 heterocycles. The van der Waals surface area contributed by atoms with Crippen LogP contribution in [0.4, 0.5) is 5.69 Å². The van der Waals surface area contributed by atoms with E-state index in [1.54, 1.807) is 16.7 Å². The second kappa shape index (κ2) is 8.29. The zero-order chi connectivity index (χ0) is 18.7. The second-order valence-corrected chi connectivity index (χ2v) is 8.48. The number of benzene rings is 2. The van der Waals surface area contributed by atoms with Crippen LogP contribution >= 0.6 is 35.7 Å². The van der Waals surface area contributed by atoms with E-state index in [0.29, 0.717) is 9.23 Å². The molecule has 0 atom stereocenters. The lowest BCUT2D eigenvalue weighted by atomic mass is 10.1. The normalized spacial score (nSPS) is 16.0. The Morgan fingerprint density at radius 1 is 1.19 bits per heavy atom. The first-order valence-electron chi connectivity index (χ1n) is 8.17. The SMILES string of the molecule is CSc1cccc(N2C(=O)/C(=C/c3ccccc3OC(C)C)SC2=S)c1. The monoisotopic (exact) mass is 401 g/mol. The molecule has 0 spiro atoms. The molecular formula is C20H19NO2S3. The molecule has 1 fully saturated rings. The highest BCUT2D eigenvalue weighted by molar-refractivity contribution is 8.27. The van der Waals surface area contributed by atoms with Gasteiger partial charge in [-0.15, -0.1) is 11.8 Å². The summed E-state index contributed by atoms with van der Waals surface area (Å²) in [4.78, 5) is 16.2. The molecule has 0 saturated carbocycles. The van der Waals surface area contributed by atoms with Gasteiger partial charge >= 0.3 is 0 Å². The molecule has 0 bridgehead atoms. The van der Waals surface area contributed by atoms with Gasteiger partial charge in [-0.05, 0) is 50.4 Å². The number of carbonyl (C=O) groups is 1. The maximum atomic E-state index is 13.0. The first kappa shape index (κ1) is 19.0. The summed E-state index contributed by atoms with van der Waals surface area (Å²) in [6.07, 6.45) is 3.93. The van der Waals surface area contributed by atoms with Crippen molar-refractivity contribution in [2.75, 3.05) is 11.2 Å². The minimum atomic E-state index is -0.0994. The summed E-state index contributed by atoms with van der Waals surface area (Å²) in [7, 11) is 0. The predicted molar refractivity (Wildman–Crippen MR) is 116 cm³/mol. The van der Waals surface area contributed by atoms with E-state index in [1.165, 1.54) is 11.8 Å². The molecular weight excluding hydrogens is 382 g/mol. The zero-order valence-corrected chi connectivity index (χ0v) is 17.2. The molecule has 0 aliphatic carbocycles. The van der Waals surface area contributed by atoms with Crippen molar-refractivity contribution in [3.05, 3.63) is 59.0 Å². The van der Waals surface area contributed by atoms with E-state index < -0.39 is 0 Å². The van der Waals surface area contributed by atoms with Crippen LogP contribution in [0.25, 0.3) is 6.08 Å². The van der Waals surface area contributed by atoms with E-state index >= 15 is 0 Å². The zero-order valence-electron chi connectivity index (χ0n) is 14.8. The molecule has 1 aliphatic rings. The maximum Gasteiger partial charge on any atom is 0.270 e. The number of carbonyl (C=O) groups excluding carboxylic acids is 1. The van der Waals surface area contributed by atoms with Crippen molar-refractivity contribution in [1.82, 2.24) is 0 Å². The number of rotatable bonds is 5. The van der Waals surface area contributed by atoms with Gasteiger partial charge in [-0.1, -0.05) is 48.2 Å². The molecule has 1 saturated heterocycles. The standard InChI is InChI=1S/C20H19NO2S3/c1-13(2)23-17-10-5-4-7-14(17)11-18-19(22)21(20(24)26-18)15-8-6-9-16(12-15)25-3/h4-13H,1-3H3/b18-11-. The molecule has 26 heavy (non-hydrogen) atoms. The molecule has 134 valence electrons. The molecule has 1 amide bonds. The Balaban J connectivity index is 1.93. The molecule has 0 N–H and O–H groups in total. The van der Waals surface area contributed by atoms with Crippen LogP contribution in [0.15, 0.2) is 58.3 Å². The van der Waals surface area contributed by atoms with Crippen molar-refractivity contribution in [2.45, 2.75) is 24.8 Å². The minimum Gasteiger partial charge on any atom is -0.490 e. The van der Waals surface area contributed by atoms with Crippen LogP contribution in [0.3, 0.4) is 0 Å². The van der Waals surface area contributed by atoms with E-state index in [9.17, 15) is 4.79 Å². The van der Waals surface area contributed by atoms with Gasteiger partial charge in [0.2, 0.25) is 0 Å². The van der Waals surface area contributed by atoms with E-state index in [2.05, 4.69) is 0 Å². The summed E-state index contributed by atoms with van der Waals surface area (Å²) in [6.45, 7) is 3.96. The molecule has 3 nitrogen and oxygen atoms in total. The van der Waals surface area contributed by atoms with Crippen LogP contribution in [0.5, 0.6) is 5.75 Å². The predicted octanol–water partition coefficient (Wildman–Crippen LogP) is 5.60. The number of thioether (sulfide) groups is 2. The highest BCUT2D eigenvalue weighted by Crippen LogP contribution is 2.38. The summed E-state index contributed by atoms with van der Waals surface area (Å²) in [5, 5.41) is 0. The first-order chi connectivity index (χ1) is 12.5. The molecule has 0 radical (unpaired) electrons. The molecule has 1 aliphatic heterocycles. The molecule has 2 aromatic carbocycles. The van der Waals surface area contributed by atoms with Crippen LogP contribution in [0.1, 0.15) is 19.4 Å². The number of para-hydroxylation sites is 1. The van der Waals surface area contributed by atoms with E-state index in [1.807, 2.05) is 74.7 Å². The number of hydrogen-bond donors (Lipinski definition) is 0.